The normalized spacial score (nSPS) is 10.5. The molecule has 0 N–H and O–H groups in total. The van der Waals surface area contributed by atoms with Gasteiger partial charge in [0, 0.05) is 5.92 Å². The Morgan fingerprint density at radius 1 is 1.46 bits per heavy atom. The molecule has 0 aliphatic carbocycles. The molecular weight excluding hydrogens is 191 g/mol. The van der Waals surface area contributed by atoms with Crippen molar-refractivity contribution >= 4 is 17.4 Å². The standard InChI is InChI=1S/C10H10ClFO/c1-6(2)10(13)9-7(11)4-3-5-8(9)12/h3-6H,1-2H3. The summed E-state index contributed by atoms with van der Waals surface area (Å²) in [4.78, 5) is 11.5. The maximum absolute atomic E-state index is 13.2. The van der Waals surface area contributed by atoms with Crippen molar-refractivity contribution in [1.82, 2.24) is 0 Å². The summed E-state index contributed by atoms with van der Waals surface area (Å²) in [6, 6.07) is 4.23. The van der Waals surface area contributed by atoms with Crippen LogP contribution < -0.4 is 0 Å². The molecule has 0 saturated carbocycles. The van der Waals surface area contributed by atoms with Crippen LogP contribution in [-0.4, -0.2) is 5.78 Å². The van der Waals surface area contributed by atoms with E-state index in [0.717, 1.165) is 0 Å². The summed E-state index contributed by atoms with van der Waals surface area (Å²) in [6.07, 6.45) is 0. The van der Waals surface area contributed by atoms with Crippen molar-refractivity contribution < 1.29 is 9.18 Å². The highest BCUT2D eigenvalue weighted by Gasteiger charge is 2.17. The molecule has 0 aliphatic heterocycles. The summed E-state index contributed by atoms with van der Waals surface area (Å²) in [5.41, 5.74) is -0.000772. The minimum Gasteiger partial charge on any atom is -0.294 e. The monoisotopic (exact) mass is 200 g/mol. The SMILES string of the molecule is CC(C)C(=O)c1c(F)cccc1Cl. The van der Waals surface area contributed by atoms with Gasteiger partial charge < -0.3 is 0 Å². The number of halogens is 2. The Bertz CT molecular complexity index is 313. The molecule has 0 radical (unpaired) electrons. The first-order valence-corrected chi connectivity index (χ1v) is 4.40. The van der Waals surface area contributed by atoms with Gasteiger partial charge in [0.15, 0.2) is 5.78 Å². The second-order valence-corrected chi connectivity index (χ2v) is 3.52. The Hall–Kier alpha value is -0.890. The van der Waals surface area contributed by atoms with Crippen LogP contribution in [0.2, 0.25) is 5.02 Å². The smallest absolute Gasteiger partial charge is 0.169 e. The van der Waals surface area contributed by atoms with Crippen LogP contribution in [0.1, 0.15) is 24.2 Å². The lowest BCUT2D eigenvalue weighted by atomic mass is 10.0. The molecule has 0 fully saturated rings. The lowest BCUT2D eigenvalue weighted by Gasteiger charge is -2.06. The lowest BCUT2D eigenvalue weighted by Crippen LogP contribution is -2.10. The van der Waals surface area contributed by atoms with Gasteiger partial charge in [-0.2, -0.15) is 0 Å². The quantitative estimate of drug-likeness (QED) is 0.670. The second kappa shape index (κ2) is 3.88. The van der Waals surface area contributed by atoms with Crippen LogP contribution in [0.15, 0.2) is 18.2 Å². The third-order valence-corrected chi connectivity index (χ3v) is 2.05. The van der Waals surface area contributed by atoms with Gasteiger partial charge >= 0.3 is 0 Å². The van der Waals surface area contributed by atoms with Crippen LogP contribution >= 0.6 is 11.6 Å². The number of carbonyl (C=O) groups excluding carboxylic acids is 1. The molecule has 1 nitrogen and oxygen atoms in total. The van der Waals surface area contributed by atoms with Crippen LogP contribution in [0.5, 0.6) is 0 Å². The number of benzene rings is 1. The number of Topliss-reactive ketones (excluding diaryl/α,β-unsaturated/α-hetero) is 1. The van der Waals surface area contributed by atoms with Gasteiger partial charge in [0.2, 0.25) is 0 Å². The van der Waals surface area contributed by atoms with Gasteiger partial charge in [0.25, 0.3) is 0 Å². The topological polar surface area (TPSA) is 17.1 Å². The van der Waals surface area contributed by atoms with Crippen LogP contribution in [0.3, 0.4) is 0 Å². The van der Waals surface area contributed by atoms with Gasteiger partial charge in [-0.15, -0.1) is 0 Å². The molecule has 0 spiro atoms. The Labute approximate surface area is 81.5 Å². The van der Waals surface area contributed by atoms with Gasteiger partial charge in [0.05, 0.1) is 10.6 Å². The van der Waals surface area contributed by atoms with Crippen molar-refractivity contribution in [3.8, 4) is 0 Å². The number of hydrogen-bond acceptors (Lipinski definition) is 1. The molecule has 0 saturated heterocycles. The first-order valence-electron chi connectivity index (χ1n) is 4.02. The van der Waals surface area contributed by atoms with Gasteiger partial charge in [-0.1, -0.05) is 31.5 Å². The van der Waals surface area contributed by atoms with Crippen LogP contribution in [0.4, 0.5) is 4.39 Å². The summed E-state index contributed by atoms with van der Waals surface area (Å²) >= 11 is 5.71. The zero-order chi connectivity index (χ0) is 10.0. The van der Waals surface area contributed by atoms with E-state index in [1.54, 1.807) is 13.8 Å². The van der Waals surface area contributed by atoms with Crippen LogP contribution in [0.25, 0.3) is 0 Å². The van der Waals surface area contributed by atoms with E-state index in [1.165, 1.54) is 18.2 Å². The molecule has 1 aromatic rings. The molecule has 0 heterocycles. The highest BCUT2D eigenvalue weighted by Crippen LogP contribution is 2.21. The predicted molar refractivity (Wildman–Crippen MR) is 50.6 cm³/mol. The minimum atomic E-state index is -0.550. The maximum atomic E-state index is 13.2. The van der Waals surface area contributed by atoms with Gasteiger partial charge in [-0.3, -0.25) is 4.79 Å². The van der Waals surface area contributed by atoms with Gasteiger partial charge in [-0.25, -0.2) is 4.39 Å². The molecule has 0 bridgehead atoms. The fourth-order valence-corrected chi connectivity index (χ4v) is 1.28. The van der Waals surface area contributed by atoms with E-state index >= 15 is 0 Å². The van der Waals surface area contributed by atoms with Crippen molar-refractivity contribution in [1.29, 1.82) is 0 Å². The minimum absolute atomic E-state index is 0.000772. The number of carbonyl (C=O) groups is 1. The largest absolute Gasteiger partial charge is 0.294 e. The number of ketones is 1. The van der Waals surface area contributed by atoms with Crippen molar-refractivity contribution in [2.75, 3.05) is 0 Å². The molecular formula is C10H10ClFO. The van der Waals surface area contributed by atoms with E-state index in [9.17, 15) is 9.18 Å². The first kappa shape index (κ1) is 10.2. The Morgan fingerprint density at radius 2 is 2.08 bits per heavy atom. The molecule has 1 aromatic carbocycles. The van der Waals surface area contributed by atoms with Crippen molar-refractivity contribution in [3.63, 3.8) is 0 Å². The van der Waals surface area contributed by atoms with Crippen LogP contribution in [0, 0.1) is 11.7 Å². The average molecular weight is 201 g/mol. The number of rotatable bonds is 2. The van der Waals surface area contributed by atoms with Crippen molar-refractivity contribution in [3.05, 3.63) is 34.6 Å². The molecule has 3 heteroatoms. The van der Waals surface area contributed by atoms with Crippen molar-refractivity contribution in [2.24, 2.45) is 5.92 Å². The molecule has 1 rings (SSSR count). The second-order valence-electron chi connectivity index (χ2n) is 3.12. The van der Waals surface area contributed by atoms with E-state index in [1.807, 2.05) is 0 Å². The van der Waals surface area contributed by atoms with E-state index < -0.39 is 5.82 Å². The third kappa shape index (κ3) is 2.07. The molecule has 0 aliphatic rings. The summed E-state index contributed by atoms with van der Waals surface area (Å²) in [7, 11) is 0. The van der Waals surface area contributed by atoms with E-state index in [2.05, 4.69) is 0 Å². The molecule has 70 valence electrons. The van der Waals surface area contributed by atoms with Crippen molar-refractivity contribution in [2.45, 2.75) is 13.8 Å². The Morgan fingerprint density at radius 3 is 2.54 bits per heavy atom. The summed E-state index contributed by atoms with van der Waals surface area (Å²) in [5.74, 6) is -1.05. The molecule has 0 atom stereocenters. The summed E-state index contributed by atoms with van der Waals surface area (Å²) in [6.45, 7) is 3.43. The highest BCUT2D eigenvalue weighted by molar-refractivity contribution is 6.34. The maximum Gasteiger partial charge on any atom is 0.169 e. The summed E-state index contributed by atoms with van der Waals surface area (Å²) < 4.78 is 13.2. The summed E-state index contributed by atoms with van der Waals surface area (Å²) in [5, 5.41) is 0.179. The van der Waals surface area contributed by atoms with Gasteiger partial charge in [0.1, 0.15) is 5.82 Å². The molecule has 0 unspecified atom stereocenters. The average Bonchev–Trinajstić information content (AvgIpc) is 2.03. The van der Waals surface area contributed by atoms with E-state index in [4.69, 9.17) is 11.6 Å². The fraction of sp³-hybridized carbons (Fsp3) is 0.300. The zero-order valence-electron chi connectivity index (χ0n) is 7.47. The molecule has 0 amide bonds. The van der Waals surface area contributed by atoms with E-state index in [0.29, 0.717) is 0 Å². The van der Waals surface area contributed by atoms with Gasteiger partial charge in [-0.05, 0) is 12.1 Å². The lowest BCUT2D eigenvalue weighted by molar-refractivity contribution is 0.0935. The van der Waals surface area contributed by atoms with Crippen LogP contribution in [-0.2, 0) is 0 Å². The Balaban J connectivity index is 3.20. The highest BCUT2D eigenvalue weighted by atomic mass is 35.5. The third-order valence-electron chi connectivity index (χ3n) is 1.73. The molecule has 0 aromatic heterocycles. The fourth-order valence-electron chi connectivity index (χ4n) is 1.02. The van der Waals surface area contributed by atoms with E-state index in [-0.39, 0.29) is 22.3 Å². The molecule has 13 heavy (non-hydrogen) atoms. The first-order chi connectivity index (χ1) is 6.04. The zero-order valence-corrected chi connectivity index (χ0v) is 8.23. The Kier molecular flexibility index (Phi) is 3.04. The number of hydrogen-bond donors (Lipinski definition) is 0. The predicted octanol–water partition coefficient (Wildman–Crippen LogP) is 3.32.